The largest absolute Gasteiger partial charge is 0.495 e. The van der Waals surface area contributed by atoms with Gasteiger partial charge >= 0.3 is 0 Å². The second-order valence-corrected chi connectivity index (χ2v) is 3.68. The van der Waals surface area contributed by atoms with E-state index in [1.165, 1.54) is 0 Å². The molecule has 0 amide bonds. The summed E-state index contributed by atoms with van der Waals surface area (Å²) in [6.07, 6.45) is 1.79. The summed E-state index contributed by atoms with van der Waals surface area (Å²) in [5.41, 5.74) is 0.968. The molecule has 0 saturated carbocycles. The average Bonchev–Trinajstić information content (AvgIpc) is 2.18. The van der Waals surface area contributed by atoms with Crippen molar-refractivity contribution in [2.24, 2.45) is 5.92 Å². The molecule has 0 fully saturated rings. The van der Waals surface area contributed by atoms with Gasteiger partial charge in [0.15, 0.2) is 0 Å². The molecule has 0 atom stereocenters. The first-order valence-corrected chi connectivity index (χ1v) is 4.92. The normalized spacial score (nSPS) is 10.6. The highest BCUT2D eigenvalue weighted by Crippen LogP contribution is 2.13. The number of ether oxygens (including phenoxy) is 1. The zero-order chi connectivity index (χ0) is 10.4. The standard InChI is InChI=1S/C11H18N2O/c1-9(2)7-12-8-10-11(14-3)5-4-6-13-10/h4-6,9,12H,7-8H2,1-3H3. The van der Waals surface area contributed by atoms with Crippen LogP contribution < -0.4 is 10.1 Å². The predicted octanol–water partition coefficient (Wildman–Crippen LogP) is 1.84. The highest BCUT2D eigenvalue weighted by Gasteiger charge is 2.02. The van der Waals surface area contributed by atoms with E-state index < -0.39 is 0 Å². The van der Waals surface area contributed by atoms with Crippen molar-refractivity contribution < 1.29 is 4.74 Å². The molecular formula is C11H18N2O. The van der Waals surface area contributed by atoms with E-state index in [0.29, 0.717) is 5.92 Å². The second-order valence-electron chi connectivity index (χ2n) is 3.68. The van der Waals surface area contributed by atoms with Crippen molar-refractivity contribution in [1.82, 2.24) is 10.3 Å². The maximum atomic E-state index is 5.20. The molecule has 0 saturated heterocycles. The number of nitrogens with one attached hydrogen (secondary N) is 1. The molecular weight excluding hydrogens is 176 g/mol. The van der Waals surface area contributed by atoms with Gasteiger partial charge in [0.1, 0.15) is 5.75 Å². The minimum Gasteiger partial charge on any atom is -0.495 e. The SMILES string of the molecule is COc1cccnc1CNCC(C)C. The molecule has 0 aliphatic heterocycles. The van der Waals surface area contributed by atoms with Gasteiger partial charge in [0.25, 0.3) is 0 Å². The summed E-state index contributed by atoms with van der Waals surface area (Å²) in [7, 11) is 1.67. The van der Waals surface area contributed by atoms with Crippen molar-refractivity contribution >= 4 is 0 Å². The third-order valence-corrected chi connectivity index (χ3v) is 1.91. The van der Waals surface area contributed by atoms with Crippen LogP contribution in [0.15, 0.2) is 18.3 Å². The maximum Gasteiger partial charge on any atom is 0.141 e. The highest BCUT2D eigenvalue weighted by molar-refractivity contribution is 5.26. The Morgan fingerprint density at radius 2 is 2.29 bits per heavy atom. The van der Waals surface area contributed by atoms with E-state index in [9.17, 15) is 0 Å². The van der Waals surface area contributed by atoms with E-state index in [1.54, 1.807) is 13.3 Å². The van der Waals surface area contributed by atoms with Gasteiger partial charge in [0.2, 0.25) is 0 Å². The smallest absolute Gasteiger partial charge is 0.141 e. The van der Waals surface area contributed by atoms with Crippen molar-refractivity contribution in [3.8, 4) is 5.75 Å². The molecule has 78 valence electrons. The zero-order valence-corrected chi connectivity index (χ0v) is 9.08. The van der Waals surface area contributed by atoms with Crippen LogP contribution in [-0.4, -0.2) is 18.6 Å². The number of nitrogens with zero attached hydrogens (tertiary/aromatic N) is 1. The Balaban J connectivity index is 2.49. The minimum absolute atomic E-state index is 0.657. The fraction of sp³-hybridized carbons (Fsp3) is 0.545. The number of methoxy groups -OCH3 is 1. The molecule has 1 aromatic rings. The lowest BCUT2D eigenvalue weighted by atomic mass is 10.2. The third kappa shape index (κ3) is 3.34. The first kappa shape index (κ1) is 11.0. The number of hydrogen-bond acceptors (Lipinski definition) is 3. The van der Waals surface area contributed by atoms with Gasteiger partial charge in [-0.3, -0.25) is 4.98 Å². The summed E-state index contributed by atoms with van der Waals surface area (Å²) in [6.45, 7) is 6.13. The number of pyridine rings is 1. The molecule has 14 heavy (non-hydrogen) atoms. The molecule has 0 spiro atoms. The van der Waals surface area contributed by atoms with E-state index in [1.807, 2.05) is 12.1 Å². The van der Waals surface area contributed by atoms with Crippen LogP contribution in [-0.2, 0) is 6.54 Å². The molecule has 0 aliphatic rings. The summed E-state index contributed by atoms with van der Waals surface area (Å²) in [6, 6.07) is 3.81. The molecule has 1 heterocycles. The molecule has 1 N–H and O–H groups in total. The van der Waals surface area contributed by atoms with Crippen molar-refractivity contribution in [3.05, 3.63) is 24.0 Å². The molecule has 3 heteroatoms. The van der Waals surface area contributed by atoms with E-state index in [4.69, 9.17) is 4.74 Å². The minimum atomic E-state index is 0.657. The Bertz CT molecular complexity index is 274. The zero-order valence-electron chi connectivity index (χ0n) is 9.08. The van der Waals surface area contributed by atoms with Crippen LogP contribution >= 0.6 is 0 Å². The Labute approximate surface area is 85.5 Å². The van der Waals surface area contributed by atoms with Gasteiger partial charge in [0, 0.05) is 12.7 Å². The van der Waals surface area contributed by atoms with E-state index in [0.717, 1.165) is 24.5 Å². The fourth-order valence-corrected chi connectivity index (χ4v) is 1.22. The molecule has 0 unspecified atom stereocenters. The van der Waals surface area contributed by atoms with E-state index in [2.05, 4.69) is 24.1 Å². The lowest BCUT2D eigenvalue weighted by Crippen LogP contribution is -2.19. The molecule has 0 aromatic carbocycles. The quantitative estimate of drug-likeness (QED) is 0.776. The van der Waals surface area contributed by atoms with Crippen molar-refractivity contribution in [1.29, 1.82) is 0 Å². The Morgan fingerprint density at radius 3 is 2.93 bits per heavy atom. The molecule has 1 aromatic heterocycles. The first-order chi connectivity index (χ1) is 6.74. The third-order valence-electron chi connectivity index (χ3n) is 1.91. The van der Waals surface area contributed by atoms with Gasteiger partial charge < -0.3 is 10.1 Å². The topological polar surface area (TPSA) is 34.1 Å². The Kier molecular flexibility index (Phi) is 4.40. The summed E-state index contributed by atoms with van der Waals surface area (Å²) in [5.74, 6) is 1.51. The van der Waals surface area contributed by atoms with Crippen molar-refractivity contribution in [2.75, 3.05) is 13.7 Å². The van der Waals surface area contributed by atoms with Gasteiger partial charge in [-0.25, -0.2) is 0 Å². The summed E-state index contributed by atoms with van der Waals surface area (Å²) >= 11 is 0. The van der Waals surface area contributed by atoms with Crippen LogP contribution in [0.2, 0.25) is 0 Å². The molecule has 0 bridgehead atoms. The lowest BCUT2D eigenvalue weighted by Gasteiger charge is -2.09. The molecule has 3 nitrogen and oxygen atoms in total. The van der Waals surface area contributed by atoms with Crippen LogP contribution in [0.25, 0.3) is 0 Å². The van der Waals surface area contributed by atoms with Crippen LogP contribution in [0.1, 0.15) is 19.5 Å². The van der Waals surface area contributed by atoms with Crippen molar-refractivity contribution in [3.63, 3.8) is 0 Å². The summed E-state index contributed by atoms with van der Waals surface area (Å²) in [5, 5.41) is 3.33. The summed E-state index contributed by atoms with van der Waals surface area (Å²) in [4.78, 5) is 4.26. The van der Waals surface area contributed by atoms with Crippen LogP contribution in [0.4, 0.5) is 0 Å². The van der Waals surface area contributed by atoms with Crippen LogP contribution in [0, 0.1) is 5.92 Å². The van der Waals surface area contributed by atoms with Crippen LogP contribution in [0.5, 0.6) is 5.75 Å². The highest BCUT2D eigenvalue weighted by atomic mass is 16.5. The number of hydrogen-bond donors (Lipinski definition) is 1. The number of aromatic nitrogens is 1. The lowest BCUT2D eigenvalue weighted by molar-refractivity contribution is 0.403. The Morgan fingerprint density at radius 1 is 1.50 bits per heavy atom. The monoisotopic (exact) mass is 194 g/mol. The number of rotatable bonds is 5. The molecule has 0 aliphatic carbocycles. The second kappa shape index (κ2) is 5.60. The molecule has 1 rings (SSSR count). The van der Waals surface area contributed by atoms with E-state index in [-0.39, 0.29) is 0 Å². The average molecular weight is 194 g/mol. The molecule has 0 radical (unpaired) electrons. The van der Waals surface area contributed by atoms with Gasteiger partial charge in [-0.05, 0) is 24.6 Å². The van der Waals surface area contributed by atoms with Crippen molar-refractivity contribution in [2.45, 2.75) is 20.4 Å². The Hall–Kier alpha value is -1.09. The van der Waals surface area contributed by atoms with Gasteiger partial charge in [-0.1, -0.05) is 13.8 Å². The van der Waals surface area contributed by atoms with Gasteiger partial charge in [-0.2, -0.15) is 0 Å². The fourth-order valence-electron chi connectivity index (χ4n) is 1.22. The van der Waals surface area contributed by atoms with Crippen LogP contribution in [0.3, 0.4) is 0 Å². The first-order valence-electron chi connectivity index (χ1n) is 4.92. The summed E-state index contributed by atoms with van der Waals surface area (Å²) < 4.78 is 5.20. The van der Waals surface area contributed by atoms with Gasteiger partial charge in [0.05, 0.1) is 12.8 Å². The maximum absolute atomic E-state index is 5.20. The predicted molar refractivity (Wildman–Crippen MR) is 57.3 cm³/mol. The van der Waals surface area contributed by atoms with E-state index >= 15 is 0 Å². The van der Waals surface area contributed by atoms with Gasteiger partial charge in [-0.15, -0.1) is 0 Å².